The second kappa shape index (κ2) is 4.80. The predicted octanol–water partition coefficient (Wildman–Crippen LogP) is -1.41. The highest BCUT2D eigenvalue weighted by atomic mass is 16.2. The number of likely N-dealkylation sites (tertiary alicyclic amines) is 1. The van der Waals surface area contributed by atoms with Crippen molar-refractivity contribution in [3.05, 3.63) is 0 Å². The van der Waals surface area contributed by atoms with Gasteiger partial charge in [-0.2, -0.15) is 0 Å². The summed E-state index contributed by atoms with van der Waals surface area (Å²) in [5.41, 5.74) is 0. The summed E-state index contributed by atoms with van der Waals surface area (Å²) in [5.74, 6) is 1.12. The van der Waals surface area contributed by atoms with Crippen LogP contribution >= 0.6 is 0 Å². The van der Waals surface area contributed by atoms with E-state index < -0.39 is 6.03 Å². The van der Waals surface area contributed by atoms with E-state index in [4.69, 9.17) is 0 Å². The number of hydrogen-bond donors (Lipinski definition) is 3. The lowest BCUT2D eigenvalue weighted by Crippen LogP contribution is -2.43. The van der Waals surface area contributed by atoms with Crippen LogP contribution in [0.2, 0.25) is 0 Å². The maximum atomic E-state index is 11.5. The standard InChI is InChI=1S/C10H18N4O2/c1-11-10(16)13-9(15)6-14-4-7-2-12-3-8(7)5-14/h7-8,12H,2-6H2,1H3,(H2,11,13,15,16). The first-order chi connectivity index (χ1) is 7.69. The van der Waals surface area contributed by atoms with Crippen LogP contribution in [0.15, 0.2) is 0 Å². The molecule has 0 aromatic rings. The molecular formula is C10H18N4O2. The van der Waals surface area contributed by atoms with Gasteiger partial charge >= 0.3 is 6.03 Å². The Balaban J connectivity index is 1.74. The minimum Gasteiger partial charge on any atom is -0.341 e. The number of carbonyl (C=O) groups is 2. The van der Waals surface area contributed by atoms with Gasteiger partial charge in [-0.25, -0.2) is 4.79 Å². The normalized spacial score (nSPS) is 28.8. The van der Waals surface area contributed by atoms with Crippen molar-refractivity contribution in [1.82, 2.24) is 20.9 Å². The molecule has 0 saturated carbocycles. The maximum absolute atomic E-state index is 11.5. The number of nitrogens with zero attached hydrogens (tertiary/aromatic N) is 1. The molecule has 0 aromatic carbocycles. The summed E-state index contributed by atoms with van der Waals surface area (Å²) in [5, 5.41) is 7.99. The second-order valence-corrected chi connectivity index (χ2v) is 4.50. The minimum atomic E-state index is -0.439. The van der Waals surface area contributed by atoms with Gasteiger partial charge in [-0.05, 0) is 24.9 Å². The van der Waals surface area contributed by atoms with Gasteiger partial charge in [0, 0.05) is 20.1 Å². The predicted molar refractivity (Wildman–Crippen MR) is 58.9 cm³/mol. The molecule has 2 aliphatic rings. The Kier molecular flexibility index (Phi) is 3.40. The van der Waals surface area contributed by atoms with Crippen molar-refractivity contribution in [3.8, 4) is 0 Å². The van der Waals surface area contributed by atoms with Crippen LogP contribution in [0, 0.1) is 11.8 Å². The third kappa shape index (κ3) is 2.51. The average Bonchev–Trinajstić information content (AvgIpc) is 2.77. The highest BCUT2D eigenvalue weighted by Crippen LogP contribution is 2.25. The van der Waals surface area contributed by atoms with Crippen LogP contribution in [0.25, 0.3) is 0 Å². The van der Waals surface area contributed by atoms with Gasteiger partial charge in [0.2, 0.25) is 5.91 Å². The molecule has 90 valence electrons. The molecule has 2 aliphatic heterocycles. The van der Waals surface area contributed by atoms with Gasteiger partial charge in [0.15, 0.2) is 0 Å². The molecule has 0 bridgehead atoms. The van der Waals surface area contributed by atoms with Crippen LogP contribution in [-0.2, 0) is 4.79 Å². The molecule has 6 nitrogen and oxygen atoms in total. The Morgan fingerprint density at radius 3 is 2.50 bits per heavy atom. The molecular weight excluding hydrogens is 208 g/mol. The molecule has 3 amide bonds. The topological polar surface area (TPSA) is 73.5 Å². The average molecular weight is 226 g/mol. The lowest BCUT2D eigenvalue weighted by atomic mass is 10.0. The van der Waals surface area contributed by atoms with Crippen LogP contribution in [0.4, 0.5) is 4.79 Å². The van der Waals surface area contributed by atoms with Gasteiger partial charge < -0.3 is 10.6 Å². The Morgan fingerprint density at radius 1 is 1.31 bits per heavy atom. The molecule has 2 unspecified atom stereocenters. The number of urea groups is 1. The fourth-order valence-electron chi connectivity index (χ4n) is 2.51. The lowest BCUT2D eigenvalue weighted by Gasteiger charge is -2.15. The number of rotatable bonds is 2. The van der Waals surface area contributed by atoms with Gasteiger partial charge in [0.25, 0.3) is 0 Å². The summed E-state index contributed by atoms with van der Waals surface area (Å²) < 4.78 is 0. The molecule has 2 atom stereocenters. The Morgan fingerprint density at radius 2 is 1.94 bits per heavy atom. The van der Waals surface area contributed by atoms with Gasteiger partial charge in [-0.1, -0.05) is 0 Å². The zero-order chi connectivity index (χ0) is 11.5. The molecule has 2 saturated heterocycles. The summed E-state index contributed by atoms with van der Waals surface area (Å²) in [6, 6.07) is -0.439. The van der Waals surface area contributed by atoms with E-state index >= 15 is 0 Å². The smallest absolute Gasteiger partial charge is 0.321 e. The molecule has 16 heavy (non-hydrogen) atoms. The van der Waals surface area contributed by atoms with E-state index in [2.05, 4.69) is 20.9 Å². The molecule has 6 heteroatoms. The molecule has 0 aliphatic carbocycles. The van der Waals surface area contributed by atoms with E-state index in [0.29, 0.717) is 18.4 Å². The highest BCUT2D eigenvalue weighted by molar-refractivity contribution is 5.95. The minimum absolute atomic E-state index is 0.229. The van der Waals surface area contributed by atoms with E-state index in [1.54, 1.807) is 0 Å². The van der Waals surface area contributed by atoms with E-state index in [9.17, 15) is 9.59 Å². The number of fused-ring (bicyclic) bond motifs is 1. The molecule has 2 rings (SSSR count). The Labute approximate surface area is 94.7 Å². The number of hydrogen-bond acceptors (Lipinski definition) is 4. The molecule has 0 radical (unpaired) electrons. The third-order valence-corrected chi connectivity index (χ3v) is 3.31. The molecule has 2 fully saturated rings. The van der Waals surface area contributed by atoms with Crippen molar-refractivity contribution in [3.63, 3.8) is 0 Å². The number of carbonyl (C=O) groups excluding carboxylic acids is 2. The molecule has 2 heterocycles. The zero-order valence-corrected chi connectivity index (χ0v) is 9.45. The maximum Gasteiger partial charge on any atom is 0.321 e. The fourth-order valence-corrected chi connectivity index (χ4v) is 2.51. The Bertz CT molecular complexity index is 283. The zero-order valence-electron chi connectivity index (χ0n) is 9.45. The molecule has 3 N–H and O–H groups in total. The summed E-state index contributed by atoms with van der Waals surface area (Å²) in [4.78, 5) is 24.5. The highest BCUT2D eigenvalue weighted by Gasteiger charge is 2.36. The van der Waals surface area contributed by atoms with Crippen LogP contribution in [0.3, 0.4) is 0 Å². The summed E-state index contributed by atoms with van der Waals surface area (Å²) >= 11 is 0. The summed E-state index contributed by atoms with van der Waals surface area (Å²) in [6.45, 7) is 4.34. The first-order valence-corrected chi connectivity index (χ1v) is 5.63. The SMILES string of the molecule is CNC(=O)NC(=O)CN1CC2CNCC2C1. The largest absolute Gasteiger partial charge is 0.341 e. The lowest BCUT2D eigenvalue weighted by molar-refractivity contribution is -0.121. The molecule has 0 spiro atoms. The monoisotopic (exact) mass is 226 g/mol. The number of nitrogens with one attached hydrogen (secondary N) is 3. The van der Waals surface area contributed by atoms with E-state index in [1.165, 1.54) is 7.05 Å². The van der Waals surface area contributed by atoms with Crippen LogP contribution in [0.5, 0.6) is 0 Å². The van der Waals surface area contributed by atoms with Crippen molar-refractivity contribution < 1.29 is 9.59 Å². The van der Waals surface area contributed by atoms with E-state index in [1.807, 2.05) is 0 Å². The van der Waals surface area contributed by atoms with Crippen LogP contribution < -0.4 is 16.0 Å². The summed E-state index contributed by atoms with van der Waals surface area (Å²) in [6.07, 6.45) is 0. The summed E-state index contributed by atoms with van der Waals surface area (Å²) in [7, 11) is 1.49. The number of amides is 3. The second-order valence-electron chi connectivity index (χ2n) is 4.50. The van der Waals surface area contributed by atoms with Gasteiger partial charge in [-0.15, -0.1) is 0 Å². The van der Waals surface area contributed by atoms with Crippen molar-refractivity contribution >= 4 is 11.9 Å². The quantitative estimate of drug-likeness (QED) is 0.541. The van der Waals surface area contributed by atoms with Crippen molar-refractivity contribution in [2.45, 2.75) is 0 Å². The van der Waals surface area contributed by atoms with Gasteiger partial charge in [0.05, 0.1) is 6.54 Å². The number of imide groups is 1. The van der Waals surface area contributed by atoms with Crippen LogP contribution in [-0.4, -0.2) is 56.6 Å². The van der Waals surface area contributed by atoms with Gasteiger partial charge in [-0.3, -0.25) is 15.0 Å². The first kappa shape index (κ1) is 11.3. The Hall–Kier alpha value is -1.14. The van der Waals surface area contributed by atoms with Crippen molar-refractivity contribution in [2.75, 3.05) is 39.8 Å². The third-order valence-electron chi connectivity index (χ3n) is 3.31. The fraction of sp³-hybridized carbons (Fsp3) is 0.800. The van der Waals surface area contributed by atoms with Crippen molar-refractivity contribution in [2.24, 2.45) is 11.8 Å². The molecule has 0 aromatic heterocycles. The van der Waals surface area contributed by atoms with Crippen molar-refractivity contribution in [1.29, 1.82) is 0 Å². The van der Waals surface area contributed by atoms with Crippen LogP contribution in [0.1, 0.15) is 0 Å². The van der Waals surface area contributed by atoms with E-state index in [0.717, 1.165) is 26.2 Å². The first-order valence-electron chi connectivity index (χ1n) is 5.63. The van der Waals surface area contributed by atoms with Gasteiger partial charge in [0.1, 0.15) is 0 Å². The van der Waals surface area contributed by atoms with E-state index in [-0.39, 0.29) is 5.91 Å².